The number of rotatable bonds is 4. The van der Waals surface area contributed by atoms with Crippen LogP contribution in [0, 0.1) is 24.2 Å². The van der Waals surface area contributed by atoms with Crippen LogP contribution in [0.15, 0.2) is 23.1 Å². The van der Waals surface area contributed by atoms with Gasteiger partial charge in [-0.1, -0.05) is 0 Å². The van der Waals surface area contributed by atoms with Crippen molar-refractivity contribution >= 4 is 10.0 Å². The van der Waals surface area contributed by atoms with Crippen molar-refractivity contribution in [2.45, 2.75) is 24.7 Å². The maximum absolute atomic E-state index is 12.7. The zero-order valence-electron chi connectivity index (χ0n) is 12.5. The zero-order chi connectivity index (χ0) is 15.5. The number of nitrogens with one attached hydrogen (secondary N) is 1. The van der Waals surface area contributed by atoms with Gasteiger partial charge in [-0.3, -0.25) is 0 Å². The molecule has 1 fully saturated rings. The molecule has 1 aliphatic heterocycles. The van der Waals surface area contributed by atoms with Crippen molar-refractivity contribution in [1.82, 2.24) is 9.62 Å². The normalized spacial score (nSPS) is 16.9. The molecule has 0 atom stereocenters. The van der Waals surface area contributed by atoms with Gasteiger partial charge in [0.05, 0.1) is 16.5 Å². The Bertz CT molecular complexity index is 643. The summed E-state index contributed by atoms with van der Waals surface area (Å²) < 4.78 is 26.7. The number of aryl methyl sites for hydroxylation is 1. The molecule has 114 valence electrons. The Morgan fingerprint density at radius 1 is 1.38 bits per heavy atom. The number of piperidine rings is 1. The van der Waals surface area contributed by atoms with Gasteiger partial charge in [-0.2, -0.15) is 5.26 Å². The van der Waals surface area contributed by atoms with Crippen molar-refractivity contribution in [1.29, 1.82) is 5.26 Å². The minimum Gasteiger partial charge on any atom is -0.317 e. The molecular formula is C15H21N3O2S. The molecule has 0 bridgehead atoms. The molecule has 0 amide bonds. The van der Waals surface area contributed by atoms with Gasteiger partial charge in [-0.15, -0.1) is 0 Å². The summed E-state index contributed by atoms with van der Waals surface area (Å²) in [6.07, 6.45) is 2.01. The molecule has 1 aromatic rings. The Labute approximate surface area is 126 Å². The maximum Gasteiger partial charge on any atom is 0.243 e. The lowest BCUT2D eigenvalue weighted by molar-refractivity contribution is 0.311. The summed E-state index contributed by atoms with van der Waals surface area (Å²) >= 11 is 0. The first-order valence-electron chi connectivity index (χ1n) is 7.13. The first kappa shape index (κ1) is 16.0. The molecule has 0 radical (unpaired) electrons. The van der Waals surface area contributed by atoms with E-state index in [0.717, 1.165) is 25.9 Å². The third-order valence-corrected chi connectivity index (χ3v) is 5.95. The van der Waals surface area contributed by atoms with E-state index in [1.54, 1.807) is 26.1 Å². The molecular weight excluding hydrogens is 286 g/mol. The Morgan fingerprint density at radius 2 is 2.05 bits per heavy atom. The molecule has 21 heavy (non-hydrogen) atoms. The van der Waals surface area contributed by atoms with Gasteiger partial charge >= 0.3 is 0 Å². The summed E-state index contributed by atoms with van der Waals surface area (Å²) in [4.78, 5) is 0.290. The number of hydrogen-bond acceptors (Lipinski definition) is 4. The van der Waals surface area contributed by atoms with Gasteiger partial charge < -0.3 is 5.32 Å². The number of nitrogens with zero attached hydrogens (tertiary/aromatic N) is 2. The predicted molar refractivity (Wildman–Crippen MR) is 81.3 cm³/mol. The minimum atomic E-state index is -3.49. The van der Waals surface area contributed by atoms with E-state index in [2.05, 4.69) is 5.32 Å². The molecule has 2 rings (SSSR count). The highest BCUT2D eigenvalue weighted by atomic mass is 32.2. The predicted octanol–water partition coefficient (Wildman–Crippen LogP) is 1.49. The van der Waals surface area contributed by atoms with Gasteiger partial charge in [0.15, 0.2) is 0 Å². The van der Waals surface area contributed by atoms with Gasteiger partial charge in [0.1, 0.15) is 0 Å². The third-order valence-electron chi connectivity index (χ3n) is 3.97. The Kier molecular flexibility index (Phi) is 4.99. The van der Waals surface area contributed by atoms with Crippen molar-refractivity contribution in [2.75, 3.05) is 26.7 Å². The smallest absolute Gasteiger partial charge is 0.243 e. The van der Waals surface area contributed by atoms with Crippen LogP contribution in [0.2, 0.25) is 0 Å². The zero-order valence-corrected chi connectivity index (χ0v) is 13.3. The molecule has 0 saturated carbocycles. The van der Waals surface area contributed by atoms with E-state index >= 15 is 0 Å². The van der Waals surface area contributed by atoms with E-state index in [9.17, 15) is 8.42 Å². The highest BCUT2D eigenvalue weighted by Gasteiger charge is 2.26. The molecule has 0 unspecified atom stereocenters. The van der Waals surface area contributed by atoms with Crippen LogP contribution in [0.3, 0.4) is 0 Å². The van der Waals surface area contributed by atoms with Crippen LogP contribution >= 0.6 is 0 Å². The summed E-state index contributed by atoms with van der Waals surface area (Å²) in [7, 11) is -1.86. The Hall–Kier alpha value is -1.42. The van der Waals surface area contributed by atoms with Gasteiger partial charge in [0.2, 0.25) is 10.0 Å². The fourth-order valence-corrected chi connectivity index (χ4v) is 4.15. The second-order valence-electron chi connectivity index (χ2n) is 5.57. The van der Waals surface area contributed by atoms with E-state index in [1.165, 1.54) is 10.4 Å². The average molecular weight is 307 g/mol. The summed E-state index contributed by atoms with van der Waals surface area (Å²) in [5.41, 5.74) is 1.10. The average Bonchev–Trinajstić information content (AvgIpc) is 2.47. The van der Waals surface area contributed by atoms with Crippen LogP contribution in [-0.4, -0.2) is 39.4 Å². The van der Waals surface area contributed by atoms with Crippen LogP contribution in [0.1, 0.15) is 24.0 Å². The summed E-state index contributed by atoms with van der Waals surface area (Å²) in [5.74, 6) is 0.407. The van der Waals surface area contributed by atoms with Crippen molar-refractivity contribution in [3.63, 3.8) is 0 Å². The monoisotopic (exact) mass is 307 g/mol. The topological polar surface area (TPSA) is 73.2 Å². The molecule has 5 nitrogen and oxygen atoms in total. The SMILES string of the molecule is Cc1cc(C#N)ccc1S(=O)(=O)N(C)CC1CCNCC1. The quantitative estimate of drug-likeness (QED) is 0.914. The van der Waals surface area contributed by atoms with E-state index < -0.39 is 10.0 Å². The van der Waals surface area contributed by atoms with Gasteiger partial charge in [-0.05, 0) is 62.5 Å². The molecule has 0 spiro atoms. The molecule has 6 heteroatoms. The molecule has 1 aliphatic rings. The van der Waals surface area contributed by atoms with Gasteiger partial charge in [0.25, 0.3) is 0 Å². The number of nitriles is 1. The number of benzene rings is 1. The highest BCUT2D eigenvalue weighted by molar-refractivity contribution is 7.89. The van der Waals surface area contributed by atoms with Crippen LogP contribution in [0.5, 0.6) is 0 Å². The molecule has 0 aromatic heterocycles. The minimum absolute atomic E-state index is 0.290. The van der Waals surface area contributed by atoms with E-state index in [4.69, 9.17) is 5.26 Å². The number of sulfonamides is 1. The molecule has 1 aromatic carbocycles. The van der Waals surface area contributed by atoms with Crippen LogP contribution in [-0.2, 0) is 10.0 Å². The van der Waals surface area contributed by atoms with Crippen molar-refractivity contribution < 1.29 is 8.42 Å². The van der Waals surface area contributed by atoms with Crippen molar-refractivity contribution in [3.05, 3.63) is 29.3 Å². The van der Waals surface area contributed by atoms with Crippen LogP contribution in [0.4, 0.5) is 0 Å². The first-order valence-corrected chi connectivity index (χ1v) is 8.57. The van der Waals surface area contributed by atoms with Crippen molar-refractivity contribution in [2.24, 2.45) is 5.92 Å². The fourth-order valence-electron chi connectivity index (χ4n) is 2.70. The highest BCUT2D eigenvalue weighted by Crippen LogP contribution is 2.22. The second kappa shape index (κ2) is 6.56. The van der Waals surface area contributed by atoms with Crippen LogP contribution < -0.4 is 5.32 Å². The summed E-state index contributed by atoms with van der Waals surface area (Å²) in [6, 6.07) is 6.73. The summed E-state index contributed by atoms with van der Waals surface area (Å²) in [5, 5.41) is 12.1. The Morgan fingerprint density at radius 3 is 2.62 bits per heavy atom. The standard InChI is InChI=1S/C15H21N3O2S/c1-12-9-14(10-16)3-4-15(12)21(19,20)18(2)11-13-5-7-17-8-6-13/h3-4,9,13,17H,5-8,11H2,1-2H3. The lowest BCUT2D eigenvalue weighted by Gasteiger charge is -2.27. The largest absolute Gasteiger partial charge is 0.317 e. The van der Waals surface area contributed by atoms with Gasteiger partial charge in [-0.25, -0.2) is 12.7 Å². The Balaban J connectivity index is 2.18. The molecule has 1 heterocycles. The molecule has 1 N–H and O–H groups in total. The lowest BCUT2D eigenvalue weighted by atomic mass is 9.98. The second-order valence-corrected chi connectivity index (χ2v) is 7.58. The fraction of sp³-hybridized carbons (Fsp3) is 0.533. The van der Waals surface area contributed by atoms with E-state index in [0.29, 0.717) is 23.6 Å². The van der Waals surface area contributed by atoms with Crippen molar-refractivity contribution in [3.8, 4) is 6.07 Å². The van der Waals surface area contributed by atoms with E-state index in [1.807, 2.05) is 6.07 Å². The van der Waals surface area contributed by atoms with Crippen LogP contribution in [0.25, 0.3) is 0 Å². The molecule has 0 aliphatic carbocycles. The third kappa shape index (κ3) is 3.62. The lowest BCUT2D eigenvalue weighted by Crippen LogP contribution is -2.37. The van der Waals surface area contributed by atoms with Gasteiger partial charge in [0, 0.05) is 13.6 Å². The number of hydrogen-bond donors (Lipinski definition) is 1. The first-order chi connectivity index (χ1) is 9.95. The summed E-state index contributed by atoms with van der Waals surface area (Å²) in [6.45, 7) is 4.18. The van der Waals surface area contributed by atoms with E-state index in [-0.39, 0.29) is 4.90 Å². The molecule has 1 saturated heterocycles. The maximum atomic E-state index is 12.7.